The fourth-order valence-corrected chi connectivity index (χ4v) is 4.69. The van der Waals surface area contributed by atoms with Crippen molar-refractivity contribution in [3.63, 3.8) is 0 Å². The van der Waals surface area contributed by atoms with E-state index in [1.54, 1.807) is 24.3 Å². The number of sulfone groups is 1. The molecule has 0 saturated carbocycles. The highest BCUT2D eigenvalue weighted by molar-refractivity contribution is 7.90. The Morgan fingerprint density at radius 1 is 0.781 bits per heavy atom. The molecule has 0 bridgehead atoms. The molecule has 32 heavy (non-hydrogen) atoms. The fourth-order valence-electron chi connectivity index (χ4n) is 3.83. The predicted molar refractivity (Wildman–Crippen MR) is 121 cm³/mol. The molecule has 172 valence electrons. The maximum absolute atomic E-state index is 12.5. The zero-order chi connectivity index (χ0) is 23.6. The number of aliphatic hydroxyl groups excluding tert-OH is 2. The molecule has 0 aromatic heterocycles. The van der Waals surface area contributed by atoms with Gasteiger partial charge in [-0.05, 0) is 63.4 Å². The van der Waals surface area contributed by atoms with Crippen LogP contribution in [-0.4, -0.2) is 53.3 Å². The largest absolute Gasteiger partial charge is 0.493 e. The molecule has 0 radical (unpaired) electrons. The third kappa shape index (κ3) is 4.06. The Kier molecular flexibility index (Phi) is 6.82. The van der Waals surface area contributed by atoms with Crippen molar-refractivity contribution in [1.29, 1.82) is 0 Å². The smallest absolute Gasteiger partial charge is 0.179 e. The molecule has 0 spiro atoms. The van der Waals surface area contributed by atoms with E-state index in [9.17, 15) is 18.6 Å². The Balaban J connectivity index is 2.54. The van der Waals surface area contributed by atoms with Crippen molar-refractivity contribution in [1.82, 2.24) is 0 Å². The average molecular weight is 463 g/mol. The highest BCUT2D eigenvalue weighted by Gasteiger charge is 2.24. The summed E-state index contributed by atoms with van der Waals surface area (Å²) in [5.74, 6) is 1.27. The lowest BCUT2D eigenvalue weighted by Crippen LogP contribution is -2.05. The molecule has 0 heterocycles. The zero-order valence-corrected chi connectivity index (χ0v) is 19.4. The molecule has 0 fully saturated rings. The van der Waals surface area contributed by atoms with Crippen molar-refractivity contribution in [2.24, 2.45) is 0 Å². The summed E-state index contributed by atoms with van der Waals surface area (Å²) in [6, 6.07) is 8.38. The first kappa shape index (κ1) is 23.6. The molecule has 3 aromatic rings. The van der Waals surface area contributed by atoms with Gasteiger partial charge in [0.15, 0.2) is 32.8 Å². The lowest BCUT2D eigenvalue weighted by Gasteiger charge is -2.20. The maximum Gasteiger partial charge on any atom is 0.179 e. The van der Waals surface area contributed by atoms with E-state index in [0.29, 0.717) is 39.1 Å². The summed E-state index contributed by atoms with van der Waals surface area (Å²) in [5, 5.41) is 21.6. The molecule has 3 rings (SSSR count). The van der Waals surface area contributed by atoms with E-state index in [2.05, 4.69) is 0 Å². The van der Waals surface area contributed by atoms with Crippen molar-refractivity contribution < 1.29 is 37.6 Å². The van der Waals surface area contributed by atoms with Crippen LogP contribution in [-0.2, 0) is 23.1 Å². The molecular weight excluding hydrogens is 436 g/mol. The van der Waals surface area contributed by atoms with Crippen LogP contribution in [0.4, 0.5) is 0 Å². The number of fused-ring (bicyclic) bond motifs is 1. The number of benzene rings is 3. The lowest BCUT2D eigenvalue weighted by atomic mass is 9.89. The van der Waals surface area contributed by atoms with Gasteiger partial charge in [-0.15, -0.1) is 0 Å². The first-order chi connectivity index (χ1) is 15.2. The van der Waals surface area contributed by atoms with E-state index in [1.807, 2.05) is 0 Å². The van der Waals surface area contributed by atoms with Crippen LogP contribution < -0.4 is 18.9 Å². The second-order valence-electron chi connectivity index (χ2n) is 7.12. The van der Waals surface area contributed by atoms with Gasteiger partial charge in [0.25, 0.3) is 0 Å². The Hall–Kier alpha value is -3.01. The molecule has 0 atom stereocenters. The molecule has 9 heteroatoms. The number of hydrogen-bond donors (Lipinski definition) is 2. The normalized spacial score (nSPS) is 11.5. The zero-order valence-electron chi connectivity index (χ0n) is 18.6. The van der Waals surface area contributed by atoms with Crippen LogP contribution >= 0.6 is 0 Å². The summed E-state index contributed by atoms with van der Waals surface area (Å²) < 4.78 is 46.6. The van der Waals surface area contributed by atoms with Crippen molar-refractivity contribution in [2.75, 3.05) is 34.7 Å². The molecule has 0 aliphatic rings. The monoisotopic (exact) mass is 462 g/mol. The molecular formula is C23H26O8S. The van der Waals surface area contributed by atoms with E-state index in [-0.39, 0.29) is 29.6 Å². The molecule has 0 amide bonds. The van der Waals surface area contributed by atoms with E-state index in [1.165, 1.54) is 34.5 Å². The van der Waals surface area contributed by atoms with E-state index in [4.69, 9.17) is 18.9 Å². The molecule has 2 N–H and O–H groups in total. The summed E-state index contributed by atoms with van der Waals surface area (Å²) in [4.78, 5) is -0.0544. The van der Waals surface area contributed by atoms with Crippen LogP contribution in [0.3, 0.4) is 0 Å². The highest BCUT2D eigenvalue weighted by Crippen LogP contribution is 2.44. The Morgan fingerprint density at radius 2 is 1.41 bits per heavy atom. The minimum Gasteiger partial charge on any atom is -0.493 e. The van der Waals surface area contributed by atoms with Crippen LogP contribution in [0.25, 0.3) is 21.9 Å². The summed E-state index contributed by atoms with van der Waals surface area (Å²) in [6.07, 6.45) is 1.08. The molecule has 8 nitrogen and oxygen atoms in total. The van der Waals surface area contributed by atoms with Crippen LogP contribution in [0.15, 0.2) is 35.2 Å². The Bertz CT molecular complexity index is 1260. The van der Waals surface area contributed by atoms with Gasteiger partial charge in [-0.1, -0.05) is 0 Å². The van der Waals surface area contributed by atoms with Gasteiger partial charge in [0.1, 0.15) is 4.90 Å². The standard InChI is InChI=1S/C23H26O8S/c1-28-18-7-13-6-15(11-24)17(12-25)22(16(13)10-19(18)29-2)14-8-20(30-3)23(31-4)21(9-14)32(5,26)27/h6-10,24-25H,11-12H2,1-5H3. The minimum absolute atomic E-state index is 0.0544. The van der Waals surface area contributed by atoms with Gasteiger partial charge in [-0.3, -0.25) is 0 Å². The molecule has 0 aliphatic heterocycles. The van der Waals surface area contributed by atoms with Gasteiger partial charge >= 0.3 is 0 Å². The predicted octanol–water partition coefficient (Wildman–Crippen LogP) is 2.93. The van der Waals surface area contributed by atoms with E-state index >= 15 is 0 Å². The molecule has 0 aliphatic carbocycles. The van der Waals surface area contributed by atoms with Gasteiger partial charge in [0, 0.05) is 6.26 Å². The van der Waals surface area contributed by atoms with E-state index in [0.717, 1.165) is 11.6 Å². The number of methoxy groups -OCH3 is 4. The van der Waals surface area contributed by atoms with Crippen molar-refractivity contribution in [3.8, 4) is 34.1 Å². The van der Waals surface area contributed by atoms with Gasteiger partial charge in [-0.2, -0.15) is 0 Å². The second kappa shape index (κ2) is 9.23. The first-order valence-electron chi connectivity index (χ1n) is 9.62. The SMILES string of the molecule is COc1cc2cc(CO)c(CO)c(-c3cc(OC)c(OC)c(S(C)(=O)=O)c3)c2cc1OC. The van der Waals surface area contributed by atoms with Gasteiger partial charge in [0.05, 0.1) is 41.7 Å². The maximum atomic E-state index is 12.5. The van der Waals surface area contributed by atoms with Crippen LogP contribution in [0, 0.1) is 0 Å². The lowest BCUT2D eigenvalue weighted by molar-refractivity contribution is 0.260. The van der Waals surface area contributed by atoms with Crippen LogP contribution in [0.2, 0.25) is 0 Å². The van der Waals surface area contributed by atoms with E-state index < -0.39 is 9.84 Å². The summed E-state index contributed by atoms with van der Waals surface area (Å²) in [7, 11) is 2.13. The minimum atomic E-state index is -3.68. The second-order valence-corrected chi connectivity index (χ2v) is 9.10. The Labute approximate surface area is 186 Å². The molecule has 0 unspecified atom stereocenters. The number of rotatable bonds is 8. The summed E-state index contributed by atoms with van der Waals surface area (Å²) >= 11 is 0. The van der Waals surface area contributed by atoms with Gasteiger partial charge in [-0.25, -0.2) is 8.42 Å². The van der Waals surface area contributed by atoms with Crippen molar-refractivity contribution >= 4 is 20.6 Å². The fraction of sp³-hybridized carbons (Fsp3) is 0.304. The van der Waals surface area contributed by atoms with Crippen molar-refractivity contribution in [3.05, 3.63) is 41.5 Å². The average Bonchev–Trinajstić information content (AvgIpc) is 2.79. The highest BCUT2D eigenvalue weighted by atomic mass is 32.2. The summed E-state index contributed by atoms with van der Waals surface area (Å²) in [5.41, 5.74) is 1.97. The van der Waals surface area contributed by atoms with Gasteiger partial charge < -0.3 is 29.2 Å². The quantitative estimate of drug-likeness (QED) is 0.526. The Morgan fingerprint density at radius 3 is 1.91 bits per heavy atom. The topological polar surface area (TPSA) is 112 Å². The van der Waals surface area contributed by atoms with Crippen LogP contribution in [0.1, 0.15) is 11.1 Å². The van der Waals surface area contributed by atoms with Crippen molar-refractivity contribution in [2.45, 2.75) is 18.1 Å². The first-order valence-corrected chi connectivity index (χ1v) is 11.5. The van der Waals surface area contributed by atoms with Gasteiger partial charge in [0.2, 0.25) is 0 Å². The number of ether oxygens (including phenoxy) is 4. The number of aliphatic hydroxyl groups is 2. The summed E-state index contributed by atoms with van der Waals surface area (Å²) in [6.45, 7) is -0.697. The van der Waals surface area contributed by atoms with Crippen LogP contribution in [0.5, 0.6) is 23.0 Å². The number of hydrogen-bond acceptors (Lipinski definition) is 8. The molecule has 3 aromatic carbocycles. The third-order valence-electron chi connectivity index (χ3n) is 5.31. The third-order valence-corrected chi connectivity index (χ3v) is 6.41. The molecule has 0 saturated heterocycles.